The third-order valence-corrected chi connectivity index (χ3v) is 5.01. The molecule has 0 bridgehead atoms. The van der Waals surface area contributed by atoms with Gasteiger partial charge in [0.15, 0.2) is 0 Å². The monoisotopic (exact) mass is 409 g/mol. The number of hydrogen-bond acceptors (Lipinski definition) is 5. The van der Waals surface area contributed by atoms with Crippen LogP contribution in [0.3, 0.4) is 0 Å². The molecule has 1 aliphatic heterocycles. The van der Waals surface area contributed by atoms with Crippen LogP contribution in [0.1, 0.15) is 45.0 Å². The van der Waals surface area contributed by atoms with Gasteiger partial charge in [-0.2, -0.15) is 0 Å². The van der Waals surface area contributed by atoms with E-state index in [0.717, 1.165) is 43.7 Å². The predicted molar refractivity (Wildman–Crippen MR) is 117 cm³/mol. The highest BCUT2D eigenvalue weighted by molar-refractivity contribution is 5.91. The zero-order valence-corrected chi connectivity index (χ0v) is 18.0. The number of anilines is 1. The van der Waals surface area contributed by atoms with E-state index < -0.39 is 0 Å². The summed E-state index contributed by atoms with van der Waals surface area (Å²) in [4.78, 5) is 35.2. The van der Waals surface area contributed by atoms with Crippen LogP contribution in [-0.4, -0.2) is 45.3 Å². The van der Waals surface area contributed by atoms with E-state index in [1.807, 2.05) is 39.0 Å². The summed E-state index contributed by atoms with van der Waals surface area (Å²) >= 11 is 0. The van der Waals surface area contributed by atoms with Gasteiger partial charge in [0.25, 0.3) is 0 Å². The van der Waals surface area contributed by atoms with E-state index in [4.69, 9.17) is 0 Å². The minimum absolute atomic E-state index is 0.0892. The number of benzene rings is 1. The summed E-state index contributed by atoms with van der Waals surface area (Å²) in [5.41, 5.74) is 1.72. The standard InChI is InChI=1S/C23H31N5O2/c1-23(2,3)27-22(30)18-8-12-28(13-9-18)16-17-6-4-7-19(14-17)26-21(29)15-20-24-10-5-11-25-20/h4-7,10-11,14,18H,8-9,12-13,15-16H2,1-3H3,(H,26,29)(H,27,30). The molecule has 2 amide bonds. The zero-order chi connectivity index (χ0) is 21.6. The summed E-state index contributed by atoms with van der Waals surface area (Å²) in [5.74, 6) is 0.620. The van der Waals surface area contributed by atoms with Gasteiger partial charge in [0.05, 0.1) is 6.42 Å². The third-order valence-electron chi connectivity index (χ3n) is 5.01. The van der Waals surface area contributed by atoms with Crippen molar-refractivity contribution < 1.29 is 9.59 Å². The first-order valence-electron chi connectivity index (χ1n) is 10.5. The molecule has 7 heteroatoms. The van der Waals surface area contributed by atoms with Crippen molar-refractivity contribution in [2.45, 2.75) is 52.1 Å². The Balaban J connectivity index is 1.49. The van der Waals surface area contributed by atoms with Crippen LogP contribution in [0, 0.1) is 5.92 Å². The second-order valence-corrected chi connectivity index (χ2v) is 8.88. The topological polar surface area (TPSA) is 87.2 Å². The van der Waals surface area contributed by atoms with E-state index in [-0.39, 0.29) is 29.7 Å². The maximum absolute atomic E-state index is 12.4. The molecule has 0 atom stereocenters. The Morgan fingerprint density at radius 1 is 1.10 bits per heavy atom. The molecular weight excluding hydrogens is 378 g/mol. The van der Waals surface area contributed by atoms with E-state index in [9.17, 15) is 9.59 Å². The quantitative estimate of drug-likeness (QED) is 0.766. The third kappa shape index (κ3) is 6.91. The number of amides is 2. The van der Waals surface area contributed by atoms with Crippen molar-refractivity contribution in [1.29, 1.82) is 0 Å². The molecule has 1 fully saturated rings. The summed E-state index contributed by atoms with van der Waals surface area (Å²) in [6.45, 7) is 8.63. The van der Waals surface area contributed by atoms with Crippen LogP contribution in [-0.2, 0) is 22.6 Å². The summed E-state index contributed by atoms with van der Waals surface area (Å²) < 4.78 is 0. The molecule has 2 N–H and O–H groups in total. The van der Waals surface area contributed by atoms with Gasteiger partial charge in [0, 0.05) is 36.1 Å². The summed E-state index contributed by atoms with van der Waals surface area (Å²) in [5, 5.41) is 6.01. The number of nitrogens with zero attached hydrogens (tertiary/aromatic N) is 3. The van der Waals surface area contributed by atoms with Crippen molar-refractivity contribution in [3.05, 3.63) is 54.1 Å². The maximum atomic E-state index is 12.4. The molecule has 3 rings (SSSR count). The molecule has 0 radical (unpaired) electrons. The molecule has 0 spiro atoms. The van der Waals surface area contributed by atoms with Gasteiger partial charge >= 0.3 is 0 Å². The van der Waals surface area contributed by atoms with Crippen molar-refractivity contribution in [3.63, 3.8) is 0 Å². The molecule has 160 valence electrons. The number of aromatic nitrogens is 2. The average molecular weight is 410 g/mol. The summed E-state index contributed by atoms with van der Waals surface area (Å²) in [6.07, 6.45) is 5.15. The van der Waals surface area contributed by atoms with Crippen molar-refractivity contribution >= 4 is 17.5 Å². The van der Waals surface area contributed by atoms with Crippen LogP contribution in [0.15, 0.2) is 42.7 Å². The number of piperidine rings is 1. The largest absolute Gasteiger partial charge is 0.351 e. The normalized spacial score (nSPS) is 15.6. The fourth-order valence-electron chi connectivity index (χ4n) is 3.60. The van der Waals surface area contributed by atoms with Crippen molar-refractivity contribution in [3.8, 4) is 0 Å². The SMILES string of the molecule is CC(C)(C)NC(=O)C1CCN(Cc2cccc(NC(=O)Cc3ncccn3)c2)CC1. The molecule has 7 nitrogen and oxygen atoms in total. The number of carbonyl (C=O) groups is 2. The van der Waals surface area contributed by atoms with Gasteiger partial charge in [-0.1, -0.05) is 12.1 Å². The highest BCUT2D eigenvalue weighted by Gasteiger charge is 2.27. The van der Waals surface area contributed by atoms with Crippen LogP contribution in [0.4, 0.5) is 5.69 Å². The van der Waals surface area contributed by atoms with Gasteiger partial charge < -0.3 is 10.6 Å². The first kappa shape index (κ1) is 21.9. The fraction of sp³-hybridized carbons (Fsp3) is 0.478. The second kappa shape index (κ2) is 9.80. The number of likely N-dealkylation sites (tertiary alicyclic amines) is 1. The van der Waals surface area contributed by atoms with Crippen LogP contribution < -0.4 is 10.6 Å². The molecule has 1 saturated heterocycles. The Morgan fingerprint density at radius 3 is 2.47 bits per heavy atom. The number of carbonyl (C=O) groups excluding carboxylic acids is 2. The first-order chi connectivity index (χ1) is 14.3. The Hall–Kier alpha value is -2.80. The Labute approximate surface area is 178 Å². The summed E-state index contributed by atoms with van der Waals surface area (Å²) in [6, 6.07) is 9.63. The minimum Gasteiger partial charge on any atom is -0.351 e. The predicted octanol–water partition coefficient (Wildman–Crippen LogP) is 2.78. The zero-order valence-electron chi connectivity index (χ0n) is 18.0. The van der Waals surface area contributed by atoms with E-state index >= 15 is 0 Å². The molecule has 1 aliphatic rings. The van der Waals surface area contributed by atoms with E-state index in [0.29, 0.717) is 5.82 Å². The van der Waals surface area contributed by atoms with E-state index in [1.54, 1.807) is 18.5 Å². The van der Waals surface area contributed by atoms with E-state index in [1.165, 1.54) is 0 Å². The smallest absolute Gasteiger partial charge is 0.232 e. The maximum Gasteiger partial charge on any atom is 0.232 e. The lowest BCUT2D eigenvalue weighted by Gasteiger charge is -2.33. The molecular formula is C23H31N5O2. The average Bonchev–Trinajstić information content (AvgIpc) is 2.68. The van der Waals surface area contributed by atoms with Crippen LogP contribution >= 0.6 is 0 Å². The minimum atomic E-state index is -0.189. The van der Waals surface area contributed by atoms with Gasteiger partial charge in [0.2, 0.25) is 11.8 Å². The van der Waals surface area contributed by atoms with Crippen molar-refractivity contribution in [2.75, 3.05) is 18.4 Å². The number of rotatable bonds is 6. The number of hydrogen-bond donors (Lipinski definition) is 2. The molecule has 2 heterocycles. The second-order valence-electron chi connectivity index (χ2n) is 8.88. The van der Waals surface area contributed by atoms with Crippen LogP contribution in [0.25, 0.3) is 0 Å². The Kier molecular flexibility index (Phi) is 7.15. The van der Waals surface area contributed by atoms with Gasteiger partial charge in [-0.3, -0.25) is 14.5 Å². The molecule has 1 aromatic heterocycles. The lowest BCUT2D eigenvalue weighted by Crippen LogP contribution is -2.46. The molecule has 0 saturated carbocycles. The molecule has 2 aromatic rings. The van der Waals surface area contributed by atoms with Gasteiger partial charge in [-0.25, -0.2) is 9.97 Å². The Bertz CT molecular complexity index is 855. The highest BCUT2D eigenvalue weighted by Crippen LogP contribution is 2.21. The van der Waals surface area contributed by atoms with Gasteiger partial charge in [0.1, 0.15) is 5.82 Å². The lowest BCUT2D eigenvalue weighted by molar-refractivity contribution is -0.128. The van der Waals surface area contributed by atoms with Crippen LogP contribution in [0.5, 0.6) is 0 Å². The molecule has 0 unspecified atom stereocenters. The highest BCUT2D eigenvalue weighted by atomic mass is 16.2. The molecule has 1 aromatic carbocycles. The lowest BCUT2D eigenvalue weighted by atomic mass is 9.94. The van der Waals surface area contributed by atoms with Gasteiger partial charge in [-0.05, 0) is 70.5 Å². The van der Waals surface area contributed by atoms with Crippen LogP contribution in [0.2, 0.25) is 0 Å². The summed E-state index contributed by atoms with van der Waals surface area (Å²) in [7, 11) is 0. The van der Waals surface area contributed by atoms with Crippen molar-refractivity contribution in [1.82, 2.24) is 20.2 Å². The first-order valence-corrected chi connectivity index (χ1v) is 10.5. The molecule has 0 aliphatic carbocycles. The fourth-order valence-corrected chi connectivity index (χ4v) is 3.60. The molecule has 30 heavy (non-hydrogen) atoms. The van der Waals surface area contributed by atoms with E-state index in [2.05, 4.69) is 31.6 Å². The number of nitrogens with one attached hydrogen (secondary N) is 2. The van der Waals surface area contributed by atoms with Crippen molar-refractivity contribution in [2.24, 2.45) is 5.92 Å². The van der Waals surface area contributed by atoms with Gasteiger partial charge in [-0.15, -0.1) is 0 Å². The Morgan fingerprint density at radius 2 is 1.80 bits per heavy atom.